The summed E-state index contributed by atoms with van der Waals surface area (Å²) in [6.45, 7) is 1.05. The molecular weight excluding hydrogens is 215 g/mol. The molecule has 3 rings (SSSR count). The van der Waals surface area contributed by atoms with Crippen LogP contribution in [-0.4, -0.2) is 12.6 Å². The van der Waals surface area contributed by atoms with Gasteiger partial charge in [0.15, 0.2) is 0 Å². The smallest absolute Gasteiger partial charge is 0.127 e. The highest BCUT2D eigenvalue weighted by Gasteiger charge is 2.35. The first-order valence-corrected chi connectivity index (χ1v) is 6.57. The zero-order valence-corrected chi connectivity index (χ0v) is 10.0. The van der Waals surface area contributed by atoms with Crippen molar-refractivity contribution >= 4 is 11.4 Å². The number of nitrogens with zero attached hydrogens (tertiary/aromatic N) is 1. The zero-order chi connectivity index (χ0) is 11.8. The summed E-state index contributed by atoms with van der Waals surface area (Å²) in [7, 11) is 0. The van der Waals surface area contributed by atoms with Crippen LogP contribution in [0.4, 0.5) is 15.8 Å². The maximum absolute atomic E-state index is 13.4. The number of halogens is 1. The summed E-state index contributed by atoms with van der Waals surface area (Å²) in [4.78, 5) is 2.38. The number of hydrogen-bond acceptors (Lipinski definition) is 2. The van der Waals surface area contributed by atoms with E-state index in [0.717, 1.165) is 18.2 Å². The molecule has 0 bridgehead atoms. The zero-order valence-electron chi connectivity index (χ0n) is 10.0. The summed E-state index contributed by atoms with van der Waals surface area (Å²) in [6, 6.07) is 5.53. The van der Waals surface area contributed by atoms with Crippen LogP contribution in [0.5, 0.6) is 0 Å². The van der Waals surface area contributed by atoms with Gasteiger partial charge in [0, 0.05) is 24.0 Å². The summed E-state index contributed by atoms with van der Waals surface area (Å²) < 4.78 is 13.4. The van der Waals surface area contributed by atoms with E-state index < -0.39 is 0 Å². The first-order valence-electron chi connectivity index (χ1n) is 6.57. The van der Waals surface area contributed by atoms with Gasteiger partial charge in [-0.2, -0.15) is 0 Å². The lowest BCUT2D eigenvalue weighted by atomic mass is 9.91. The molecule has 0 radical (unpaired) electrons. The van der Waals surface area contributed by atoms with Crippen molar-refractivity contribution < 1.29 is 4.39 Å². The van der Waals surface area contributed by atoms with E-state index in [1.54, 1.807) is 6.07 Å². The van der Waals surface area contributed by atoms with Gasteiger partial charge in [-0.1, -0.05) is 6.42 Å². The fourth-order valence-corrected chi connectivity index (χ4v) is 3.54. The van der Waals surface area contributed by atoms with Crippen LogP contribution in [0.3, 0.4) is 0 Å². The average molecular weight is 234 g/mol. The van der Waals surface area contributed by atoms with Gasteiger partial charge in [0.2, 0.25) is 0 Å². The SMILES string of the molecule is Nc1cc(F)cc(N2CCCC3CCCC32)c1. The molecule has 2 N–H and O–H groups in total. The van der Waals surface area contributed by atoms with Crippen LogP contribution in [0.15, 0.2) is 18.2 Å². The summed E-state index contributed by atoms with van der Waals surface area (Å²) >= 11 is 0. The lowest BCUT2D eigenvalue weighted by Gasteiger charge is -2.39. The number of anilines is 2. The predicted molar refractivity (Wildman–Crippen MR) is 68.5 cm³/mol. The summed E-state index contributed by atoms with van der Waals surface area (Å²) in [5.74, 6) is 0.591. The normalized spacial score (nSPS) is 28.2. The third-order valence-electron chi connectivity index (χ3n) is 4.23. The highest BCUT2D eigenvalue weighted by Crippen LogP contribution is 2.39. The van der Waals surface area contributed by atoms with Crippen LogP contribution in [0.25, 0.3) is 0 Å². The molecule has 0 spiro atoms. The summed E-state index contributed by atoms with van der Waals surface area (Å²) in [5, 5.41) is 0. The minimum absolute atomic E-state index is 0.222. The molecule has 1 aliphatic heterocycles. The lowest BCUT2D eigenvalue weighted by Crippen LogP contribution is -2.42. The molecule has 1 saturated heterocycles. The van der Waals surface area contributed by atoms with E-state index in [4.69, 9.17) is 5.73 Å². The highest BCUT2D eigenvalue weighted by molar-refractivity contribution is 5.57. The Morgan fingerprint density at radius 2 is 1.94 bits per heavy atom. The minimum atomic E-state index is -0.222. The van der Waals surface area contributed by atoms with Crippen molar-refractivity contribution in [3.63, 3.8) is 0 Å². The van der Waals surface area contributed by atoms with Crippen LogP contribution in [0.2, 0.25) is 0 Å². The maximum atomic E-state index is 13.4. The molecule has 0 aromatic heterocycles. The Morgan fingerprint density at radius 1 is 1.12 bits per heavy atom. The molecule has 1 aliphatic carbocycles. The molecule has 2 nitrogen and oxygen atoms in total. The van der Waals surface area contributed by atoms with Crippen molar-refractivity contribution in [1.29, 1.82) is 0 Å². The molecule has 92 valence electrons. The molecule has 1 aromatic rings. The number of benzene rings is 1. The van der Waals surface area contributed by atoms with Gasteiger partial charge in [0.25, 0.3) is 0 Å². The molecule has 2 atom stereocenters. The molecular formula is C14H19FN2. The van der Waals surface area contributed by atoms with Gasteiger partial charge in [-0.3, -0.25) is 0 Å². The number of nitrogens with two attached hydrogens (primary N) is 1. The monoisotopic (exact) mass is 234 g/mol. The van der Waals surface area contributed by atoms with Crippen LogP contribution in [-0.2, 0) is 0 Å². The van der Waals surface area contributed by atoms with E-state index in [2.05, 4.69) is 4.90 Å². The second-order valence-corrected chi connectivity index (χ2v) is 5.34. The third kappa shape index (κ3) is 1.99. The average Bonchev–Trinajstić information content (AvgIpc) is 2.75. The minimum Gasteiger partial charge on any atom is -0.399 e. The molecule has 3 heteroatoms. The second kappa shape index (κ2) is 4.21. The standard InChI is InChI=1S/C14H19FN2/c15-11-7-12(16)9-13(8-11)17-6-2-4-10-3-1-5-14(10)17/h7-10,14H,1-6,16H2. The number of rotatable bonds is 1. The van der Waals surface area contributed by atoms with Crippen molar-refractivity contribution in [1.82, 2.24) is 0 Å². The summed E-state index contributed by atoms with van der Waals surface area (Å²) in [5.41, 5.74) is 7.24. The lowest BCUT2D eigenvalue weighted by molar-refractivity contribution is 0.362. The first-order chi connectivity index (χ1) is 8.24. The second-order valence-electron chi connectivity index (χ2n) is 5.34. The van der Waals surface area contributed by atoms with Crippen LogP contribution < -0.4 is 10.6 Å². The van der Waals surface area contributed by atoms with E-state index in [9.17, 15) is 4.39 Å². The van der Waals surface area contributed by atoms with Gasteiger partial charge >= 0.3 is 0 Å². The Morgan fingerprint density at radius 3 is 2.76 bits per heavy atom. The van der Waals surface area contributed by atoms with Gasteiger partial charge in [0.1, 0.15) is 5.82 Å². The molecule has 1 heterocycles. The molecule has 17 heavy (non-hydrogen) atoms. The fourth-order valence-electron chi connectivity index (χ4n) is 3.54. The van der Waals surface area contributed by atoms with Gasteiger partial charge in [-0.25, -0.2) is 4.39 Å². The van der Waals surface area contributed by atoms with E-state index in [1.165, 1.54) is 38.2 Å². The molecule has 1 saturated carbocycles. The van der Waals surface area contributed by atoms with E-state index in [1.807, 2.05) is 6.07 Å². The third-order valence-corrected chi connectivity index (χ3v) is 4.23. The van der Waals surface area contributed by atoms with Crippen LogP contribution in [0, 0.1) is 11.7 Å². The number of fused-ring (bicyclic) bond motifs is 1. The Kier molecular flexibility index (Phi) is 2.69. The molecule has 2 unspecified atom stereocenters. The van der Waals surface area contributed by atoms with Crippen molar-refractivity contribution in [2.45, 2.75) is 38.1 Å². The molecule has 1 aromatic carbocycles. The Bertz CT molecular complexity index is 398. The van der Waals surface area contributed by atoms with Crippen molar-refractivity contribution in [2.24, 2.45) is 5.92 Å². The Hall–Kier alpha value is -1.25. The van der Waals surface area contributed by atoms with Crippen molar-refractivity contribution in [3.8, 4) is 0 Å². The van der Waals surface area contributed by atoms with Crippen LogP contribution >= 0.6 is 0 Å². The largest absolute Gasteiger partial charge is 0.399 e. The maximum Gasteiger partial charge on any atom is 0.127 e. The highest BCUT2D eigenvalue weighted by atomic mass is 19.1. The molecule has 2 aliphatic rings. The van der Waals surface area contributed by atoms with Gasteiger partial charge in [-0.15, -0.1) is 0 Å². The number of hydrogen-bond donors (Lipinski definition) is 1. The molecule has 2 fully saturated rings. The van der Waals surface area contributed by atoms with E-state index >= 15 is 0 Å². The molecule has 0 amide bonds. The van der Waals surface area contributed by atoms with E-state index in [0.29, 0.717) is 11.7 Å². The van der Waals surface area contributed by atoms with Crippen molar-refractivity contribution in [2.75, 3.05) is 17.2 Å². The number of piperidine rings is 1. The predicted octanol–water partition coefficient (Wildman–Crippen LogP) is 3.18. The Balaban J connectivity index is 1.91. The summed E-state index contributed by atoms with van der Waals surface area (Å²) in [6.07, 6.45) is 6.47. The number of nitrogen functional groups attached to an aromatic ring is 1. The topological polar surface area (TPSA) is 29.3 Å². The Labute approximate surface area is 102 Å². The van der Waals surface area contributed by atoms with Gasteiger partial charge in [0.05, 0.1) is 0 Å². The van der Waals surface area contributed by atoms with Crippen molar-refractivity contribution in [3.05, 3.63) is 24.0 Å². The van der Waals surface area contributed by atoms with Gasteiger partial charge < -0.3 is 10.6 Å². The van der Waals surface area contributed by atoms with Crippen LogP contribution in [0.1, 0.15) is 32.1 Å². The first kappa shape index (κ1) is 10.9. The fraction of sp³-hybridized carbons (Fsp3) is 0.571. The quantitative estimate of drug-likeness (QED) is 0.756. The van der Waals surface area contributed by atoms with E-state index in [-0.39, 0.29) is 5.82 Å². The van der Waals surface area contributed by atoms with Gasteiger partial charge in [-0.05, 0) is 49.8 Å².